The van der Waals surface area contributed by atoms with Gasteiger partial charge in [-0.2, -0.15) is 0 Å². The number of carbonyl (C=O) groups is 4. The molecule has 3 rings (SSSR count). The summed E-state index contributed by atoms with van der Waals surface area (Å²) in [5, 5.41) is 25.4. The summed E-state index contributed by atoms with van der Waals surface area (Å²) < 4.78 is 5.22. The van der Waals surface area contributed by atoms with Gasteiger partial charge in [-0.05, 0) is 32.3 Å². The Morgan fingerprint density at radius 3 is 2.60 bits per heavy atom. The number of anilines is 1. The van der Waals surface area contributed by atoms with E-state index in [-0.39, 0.29) is 33.6 Å². The minimum absolute atomic E-state index is 0.0222. The number of amides is 3. The van der Waals surface area contributed by atoms with Gasteiger partial charge in [-0.1, -0.05) is 19.9 Å². The fourth-order valence-electron chi connectivity index (χ4n) is 3.48. The van der Waals surface area contributed by atoms with Gasteiger partial charge in [0.15, 0.2) is 5.13 Å². The molecule has 4 N–H and O–H groups in total. The van der Waals surface area contributed by atoms with Crippen LogP contribution in [0.1, 0.15) is 40.3 Å². The lowest BCUT2D eigenvalue weighted by Gasteiger charge is -2.49. The van der Waals surface area contributed by atoms with Gasteiger partial charge in [0.05, 0.1) is 17.9 Å². The first-order chi connectivity index (χ1) is 16.3. The molecule has 0 aromatic carbocycles. The van der Waals surface area contributed by atoms with Crippen LogP contribution in [0.25, 0.3) is 5.57 Å². The number of hydrogen-bond donors (Lipinski definition) is 4. The highest BCUT2D eigenvalue weighted by Crippen LogP contribution is 2.40. The van der Waals surface area contributed by atoms with E-state index in [9.17, 15) is 29.4 Å². The number of aliphatic hydroxyl groups excluding tert-OH is 1. The zero-order valence-corrected chi connectivity index (χ0v) is 21.6. The fourth-order valence-corrected chi connectivity index (χ4v) is 5.51. The number of carbonyl (C=O) groups excluding carboxylic acids is 3. The number of nitrogens with one attached hydrogen (secondary N) is 2. The van der Waals surface area contributed by atoms with Crippen LogP contribution in [0.3, 0.4) is 0 Å². The van der Waals surface area contributed by atoms with Gasteiger partial charge in [-0.3, -0.25) is 19.8 Å². The second kappa shape index (κ2) is 10.4. The molecule has 0 saturated carbocycles. The van der Waals surface area contributed by atoms with Crippen LogP contribution in [-0.4, -0.2) is 73.4 Å². The number of thiazole rings is 1. The Balaban J connectivity index is 1.76. The number of β-lactam (4-membered cyclic amide) rings is 1. The molecule has 3 heterocycles. The summed E-state index contributed by atoms with van der Waals surface area (Å²) >= 11 is 2.39. The van der Waals surface area contributed by atoms with Crippen LogP contribution in [0.15, 0.2) is 22.7 Å². The first kappa shape index (κ1) is 26.7. The van der Waals surface area contributed by atoms with E-state index >= 15 is 0 Å². The molecule has 1 saturated heterocycles. The number of ether oxygens (including phenoxy) is 1. The molecule has 190 valence electrons. The number of aliphatic carboxylic acids is 1. The molecule has 0 spiro atoms. The molecular weight excluding hydrogens is 496 g/mol. The number of carboxylic acids is 1. The third-order valence-electron chi connectivity index (χ3n) is 4.86. The second-order valence-electron chi connectivity index (χ2n) is 9.27. The Morgan fingerprint density at radius 2 is 2.03 bits per heavy atom. The first-order valence-corrected chi connectivity index (χ1v) is 12.7. The Bertz CT molecular complexity index is 1100. The minimum Gasteiger partial charge on any atom is -0.477 e. The summed E-state index contributed by atoms with van der Waals surface area (Å²) in [6, 6.07) is -0.921. The van der Waals surface area contributed by atoms with Crippen LogP contribution in [0.2, 0.25) is 0 Å². The Kier molecular flexibility index (Phi) is 7.92. The minimum atomic E-state index is -1.30. The molecule has 1 aromatic heterocycles. The number of aromatic nitrogens is 1. The zero-order chi connectivity index (χ0) is 26.1. The zero-order valence-electron chi connectivity index (χ0n) is 19.9. The topological polar surface area (TPSA) is 158 Å². The molecule has 3 amide bonds. The molecule has 0 bridgehead atoms. The lowest BCUT2D eigenvalue weighted by molar-refractivity contribution is -0.150. The van der Waals surface area contributed by atoms with Crippen molar-refractivity contribution >= 4 is 57.7 Å². The van der Waals surface area contributed by atoms with E-state index in [1.165, 1.54) is 11.8 Å². The molecular formula is C22H28N4O7S2. The van der Waals surface area contributed by atoms with Crippen molar-refractivity contribution < 1.29 is 34.1 Å². The van der Waals surface area contributed by atoms with E-state index in [2.05, 4.69) is 15.6 Å². The Hall–Kier alpha value is -2.90. The summed E-state index contributed by atoms with van der Waals surface area (Å²) in [5.41, 5.74) is -0.112. The van der Waals surface area contributed by atoms with Gasteiger partial charge in [0.25, 0.3) is 11.8 Å². The molecule has 0 radical (unpaired) electrons. The van der Waals surface area contributed by atoms with E-state index in [0.29, 0.717) is 5.69 Å². The number of fused-ring (bicyclic) bond motifs is 1. The Labute approximate surface area is 210 Å². The molecule has 1 fully saturated rings. The number of aliphatic hydroxyl groups is 1. The second-order valence-corrected chi connectivity index (χ2v) is 11.2. The largest absolute Gasteiger partial charge is 0.477 e. The molecule has 35 heavy (non-hydrogen) atoms. The number of allylic oxidation sites excluding steroid dienone is 1. The predicted octanol–water partition coefficient (Wildman–Crippen LogP) is 2.26. The molecule has 0 aliphatic carbocycles. The average Bonchev–Trinajstić information content (AvgIpc) is 3.20. The maximum absolute atomic E-state index is 13.2. The van der Waals surface area contributed by atoms with Crippen molar-refractivity contribution in [2.75, 3.05) is 17.7 Å². The first-order valence-electron chi connectivity index (χ1n) is 10.8. The van der Waals surface area contributed by atoms with E-state index in [4.69, 9.17) is 4.74 Å². The quantitative estimate of drug-likeness (QED) is 0.310. The van der Waals surface area contributed by atoms with Gasteiger partial charge in [0.2, 0.25) is 0 Å². The van der Waals surface area contributed by atoms with Crippen molar-refractivity contribution in [1.29, 1.82) is 0 Å². The fraction of sp³-hybridized carbons (Fsp3) is 0.500. The average molecular weight is 525 g/mol. The van der Waals surface area contributed by atoms with Crippen LogP contribution >= 0.6 is 23.1 Å². The highest BCUT2D eigenvalue weighted by Gasteiger charge is 2.54. The maximum Gasteiger partial charge on any atom is 0.413 e. The van der Waals surface area contributed by atoms with Gasteiger partial charge >= 0.3 is 12.1 Å². The summed E-state index contributed by atoms with van der Waals surface area (Å²) in [6.45, 7) is 8.51. The van der Waals surface area contributed by atoms with Gasteiger partial charge in [-0.15, -0.1) is 23.1 Å². The van der Waals surface area contributed by atoms with Crippen LogP contribution in [0.5, 0.6) is 0 Å². The molecule has 13 heteroatoms. The highest BCUT2D eigenvalue weighted by molar-refractivity contribution is 8.00. The lowest BCUT2D eigenvalue weighted by Crippen LogP contribution is -2.70. The smallest absolute Gasteiger partial charge is 0.413 e. The normalized spacial score (nSPS) is 20.4. The molecule has 1 aromatic rings. The third-order valence-corrected chi connectivity index (χ3v) is 6.96. The number of rotatable bonds is 7. The number of thioether (sulfide) groups is 1. The van der Waals surface area contributed by atoms with Crippen LogP contribution in [0.4, 0.5) is 9.93 Å². The van der Waals surface area contributed by atoms with E-state index in [1.54, 1.807) is 32.2 Å². The highest BCUT2D eigenvalue weighted by atomic mass is 32.2. The summed E-state index contributed by atoms with van der Waals surface area (Å²) in [6.07, 6.45) is 1.03. The Morgan fingerprint density at radius 1 is 1.34 bits per heavy atom. The van der Waals surface area contributed by atoms with Crippen LogP contribution < -0.4 is 10.6 Å². The van der Waals surface area contributed by atoms with Crippen LogP contribution in [-0.2, 0) is 19.1 Å². The number of nitrogens with zero attached hydrogens (tertiary/aromatic N) is 2. The molecule has 2 atom stereocenters. The third kappa shape index (κ3) is 6.03. The monoisotopic (exact) mass is 524 g/mol. The molecule has 2 aliphatic heterocycles. The van der Waals surface area contributed by atoms with E-state index in [0.717, 1.165) is 16.2 Å². The maximum atomic E-state index is 13.2. The summed E-state index contributed by atoms with van der Waals surface area (Å²) in [7, 11) is 0. The standard InChI is InChI=1S/C22H28N4O7S2/c1-10(2)6-12(13-9-35-20(23-13)25-21(32)33-22(3,4)5)16(28)24-14-17(29)26-15(19(30)31)11(7-27)8-34-18(14)26/h6,9-10,14,18,27H,7-8H2,1-5H3,(H,24,28)(H,30,31)(H,23,25,32)/b12-6+/t14-,18-/m1/s1. The van der Waals surface area contributed by atoms with Crippen LogP contribution in [0, 0.1) is 5.92 Å². The van der Waals surface area contributed by atoms with Crippen molar-refractivity contribution in [2.45, 2.75) is 51.6 Å². The van der Waals surface area contributed by atoms with Gasteiger partial charge in [0.1, 0.15) is 22.7 Å². The predicted molar refractivity (Wildman–Crippen MR) is 132 cm³/mol. The lowest BCUT2D eigenvalue weighted by atomic mass is 10.0. The molecule has 2 aliphatic rings. The van der Waals surface area contributed by atoms with E-state index < -0.39 is 47.5 Å². The number of hydrogen-bond acceptors (Lipinski definition) is 9. The van der Waals surface area contributed by atoms with Crippen molar-refractivity contribution in [3.05, 3.63) is 28.4 Å². The molecule has 11 nitrogen and oxygen atoms in total. The summed E-state index contributed by atoms with van der Waals surface area (Å²) in [4.78, 5) is 55.0. The van der Waals surface area contributed by atoms with Gasteiger partial charge < -0.3 is 20.3 Å². The number of carboxylic acid groups (broad SMARTS) is 1. The molecule has 0 unspecified atom stereocenters. The van der Waals surface area contributed by atoms with Gasteiger partial charge in [0, 0.05) is 11.1 Å². The van der Waals surface area contributed by atoms with E-state index in [1.807, 2.05) is 13.8 Å². The van der Waals surface area contributed by atoms with Crippen molar-refractivity contribution in [1.82, 2.24) is 15.2 Å². The SMILES string of the molecule is CC(C)/C=C(/C(=O)N[C@@H]1C(=O)N2C(C(=O)O)=C(CO)CS[C@H]12)c1csc(NC(=O)OC(C)(C)C)n1. The summed E-state index contributed by atoms with van der Waals surface area (Å²) in [5.74, 6) is -2.19. The van der Waals surface area contributed by atoms with Crippen molar-refractivity contribution in [3.63, 3.8) is 0 Å². The van der Waals surface area contributed by atoms with Crippen molar-refractivity contribution in [2.24, 2.45) is 5.92 Å². The van der Waals surface area contributed by atoms with Gasteiger partial charge in [-0.25, -0.2) is 14.6 Å². The van der Waals surface area contributed by atoms with Crippen molar-refractivity contribution in [3.8, 4) is 0 Å².